The molecule has 0 saturated carbocycles. The monoisotopic (exact) mass is 687 g/mol. The molecular formula is C32H58N5O7PS. The van der Waals surface area contributed by atoms with Crippen molar-refractivity contribution in [2.24, 2.45) is 0 Å². The molecule has 0 aliphatic heterocycles. The molecule has 2 N–H and O–H groups in total. The standard InChI is InChI=1S/C32H58N5O7PS/c1-5-6-7-8-9-10-11-12-13-14-15-16-17-18-20-39-21-19-22-41-45(46,44-43-32(38)42-27(2)3)26-40-28(4)23-37-25-36-29-30(33)34-24-35-31(29)37/h24-25,27-28H,5-23,26H2,1-4H3,(H2,33,34,35)/t28-,45+/m1/s1. The summed E-state index contributed by atoms with van der Waals surface area (Å²) >= 11 is 5.62. The second kappa shape index (κ2) is 24.3. The van der Waals surface area contributed by atoms with Crippen LogP contribution >= 0.6 is 6.49 Å². The first-order valence-electron chi connectivity index (χ1n) is 17.1. The van der Waals surface area contributed by atoms with Crippen molar-refractivity contribution in [3.8, 4) is 0 Å². The number of nitrogens with two attached hydrogens (primary N) is 1. The summed E-state index contributed by atoms with van der Waals surface area (Å²) < 4.78 is 29.8. The predicted molar refractivity (Wildman–Crippen MR) is 185 cm³/mol. The molecule has 0 aliphatic rings. The van der Waals surface area contributed by atoms with Crippen LogP contribution in [0.25, 0.3) is 11.2 Å². The SMILES string of the molecule is CCCCCCCCCCCCCCCCOCCCO[P@@](=S)(CO[C@H](C)Cn1cnc2c(N)ncnc21)OOC(=O)OC(C)C. The highest BCUT2D eigenvalue weighted by Gasteiger charge is 2.26. The Morgan fingerprint density at radius 3 is 2.11 bits per heavy atom. The number of ether oxygens (including phenoxy) is 3. The molecule has 264 valence electrons. The zero-order valence-corrected chi connectivity index (χ0v) is 30.2. The summed E-state index contributed by atoms with van der Waals surface area (Å²) in [6, 6.07) is 0. The number of rotatable bonds is 28. The highest BCUT2D eigenvalue weighted by Crippen LogP contribution is 2.49. The Bertz CT molecular complexity index is 1140. The van der Waals surface area contributed by atoms with E-state index in [0.717, 1.165) is 13.0 Å². The topological polar surface area (TPSA) is 142 Å². The van der Waals surface area contributed by atoms with E-state index in [-0.39, 0.29) is 25.2 Å². The van der Waals surface area contributed by atoms with Crippen molar-refractivity contribution in [3.05, 3.63) is 12.7 Å². The van der Waals surface area contributed by atoms with Gasteiger partial charge in [-0.15, -0.1) is 4.67 Å². The summed E-state index contributed by atoms with van der Waals surface area (Å²) in [6.45, 7) is 6.37. The Morgan fingerprint density at radius 1 is 0.870 bits per heavy atom. The lowest BCUT2D eigenvalue weighted by Crippen LogP contribution is -2.19. The highest BCUT2D eigenvalue weighted by atomic mass is 32.5. The Morgan fingerprint density at radius 2 is 1.48 bits per heavy atom. The van der Waals surface area contributed by atoms with Gasteiger partial charge >= 0.3 is 6.16 Å². The maximum atomic E-state index is 11.9. The fourth-order valence-electron chi connectivity index (χ4n) is 4.83. The molecule has 0 saturated heterocycles. The molecule has 2 aromatic heterocycles. The lowest BCUT2D eigenvalue weighted by molar-refractivity contribution is -0.176. The van der Waals surface area contributed by atoms with Crippen molar-refractivity contribution >= 4 is 41.4 Å². The van der Waals surface area contributed by atoms with Crippen LogP contribution < -0.4 is 5.73 Å². The molecule has 0 bridgehead atoms. The van der Waals surface area contributed by atoms with E-state index in [0.29, 0.717) is 36.6 Å². The normalized spacial score (nSPS) is 13.7. The third kappa shape index (κ3) is 17.9. The van der Waals surface area contributed by atoms with E-state index in [4.69, 9.17) is 45.8 Å². The average Bonchev–Trinajstić information content (AvgIpc) is 3.43. The Balaban J connectivity index is 1.60. The van der Waals surface area contributed by atoms with Crippen LogP contribution in [0.3, 0.4) is 0 Å². The second-order valence-electron chi connectivity index (χ2n) is 12.0. The van der Waals surface area contributed by atoms with Crippen molar-refractivity contribution in [3.63, 3.8) is 0 Å². The van der Waals surface area contributed by atoms with Crippen molar-refractivity contribution in [1.29, 1.82) is 0 Å². The Kier molecular flexibility index (Phi) is 21.3. The summed E-state index contributed by atoms with van der Waals surface area (Å²) in [5.74, 6) is 0.309. The molecule has 0 fully saturated rings. The average molecular weight is 688 g/mol. The molecule has 2 rings (SSSR count). The molecule has 12 nitrogen and oxygen atoms in total. The van der Waals surface area contributed by atoms with Crippen LogP contribution in [0.5, 0.6) is 0 Å². The lowest BCUT2D eigenvalue weighted by Gasteiger charge is -2.22. The molecule has 0 aliphatic carbocycles. The number of imidazole rings is 1. The van der Waals surface area contributed by atoms with Crippen molar-refractivity contribution in [2.75, 3.05) is 31.9 Å². The molecule has 46 heavy (non-hydrogen) atoms. The molecule has 0 amide bonds. The molecule has 0 aromatic carbocycles. The summed E-state index contributed by atoms with van der Waals surface area (Å²) in [5.41, 5.74) is 7.01. The van der Waals surface area contributed by atoms with Gasteiger partial charge in [0.2, 0.25) is 0 Å². The van der Waals surface area contributed by atoms with Gasteiger partial charge in [0.15, 0.2) is 11.5 Å². The zero-order chi connectivity index (χ0) is 33.5. The van der Waals surface area contributed by atoms with E-state index in [9.17, 15) is 4.79 Å². The van der Waals surface area contributed by atoms with Crippen molar-refractivity contribution in [2.45, 2.75) is 143 Å². The maximum absolute atomic E-state index is 11.9. The summed E-state index contributed by atoms with van der Waals surface area (Å²) in [4.78, 5) is 29.2. The largest absolute Gasteiger partial charge is 0.541 e. The number of anilines is 1. The van der Waals surface area contributed by atoms with Gasteiger partial charge in [-0.2, -0.15) is 0 Å². The number of hydrogen-bond acceptors (Lipinski definition) is 12. The van der Waals surface area contributed by atoms with Gasteiger partial charge in [-0.3, -0.25) is 4.89 Å². The fraction of sp³-hybridized carbons (Fsp3) is 0.812. The zero-order valence-electron chi connectivity index (χ0n) is 28.5. The van der Waals surface area contributed by atoms with E-state index >= 15 is 0 Å². The minimum absolute atomic E-state index is 0.0812. The minimum atomic E-state index is -3.15. The van der Waals surface area contributed by atoms with Crippen LogP contribution in [0, 0.1) is 0 Å². The number of unbranched alkanes of at least 4 members (excludes halogenated alkanes) is 13. The maximum Gasteiger partial charge on any atom is 0.541 e. The number of nitrogen functional groups attached to an aromatic ring is 1. The molecule has 2 aromatic rings. The number of hydrogen-bond donors (Lipinski definition) is 1. The van der Waals surface area contributed by atoms with Gasteiger partial charge in [0.25, 0.3) is 6.49 Å². The number of carbonyl (C=O) groups excluding carboxylic acids is 1. The van der Waals surface area contributed by atoms with Gasteiger partial charge in [0, 0.05) is 13.2 Å². The summed E-state index contributed by atoms with van der Waals surface area (Å²) in [7, 11) is 0. The smallest absolute Gasteiger partial charge is 0.430 e. The second-order valence-corrected chi connectivity index (χ2v) is 15.6. The molecule has 0 radical (unpaired) electrons. The lowest BCUT2D eigenvalue weighted by atomic mass is 10.0. The van der Waals surface area contributed by atoms with Crippen molar-refractivity contribution < 1.29 is 33.1 Å². The fourth-order valence-corrected chi connectivity index (χ4v) is 6.50. The first-order valence-corrected chi connectivity index (χ1v) is 20.0. The van der Waals surface area contributed by atoms with Gasteiger partial charge in [-0.25, -0.2) is 19.7 Å². The Hall–Kier alpha value is -1.89. The number of nitrogens with zero attached hydrogens (tertiary/aromatic N) is 4. The van der Waals surface area contributed by atoms with E-state index in [1.807, 2.05) is 11.5 Å². The van der Waals surface area contributed by atoms with Crippen LogP contribution in [0.1, 0.15) is 124 Å². The number of carbonyl (C=O) groups is 1. The molecule has 0 unspecified atom stereocenters. The minimum Gasteiger partial charge on any atom is -0.430 e. The van der Waals surface area contributed by atoms with Gasteiger partial charge in [0.1, 0.15) is 18.2 Å². The molecule has 2 atom stereocenters. The van der Waals surface area contributed by atoms with Gasteiger partial charge in [0.05, 0.1) is 31.7 Å². The summed E-state index contributed by atoms with van der Waals surface area (Å²) in [5, 5.41) is 0. The molecular weight excluding hydrogens is 629 g/mol. The van der Waals surface area contributed by atoms with Gasteiger partial charge in [-0.05, 0) is 45.4 Å². The third-order valence-electron chi connectivity index (χ3n) is 7.31. The highest BCUT2D eigenvalue weighted by molar-refractivity contribution is 8.09. The van der Waals surface area contributed by atoms with Crippen LogP contribution in [-0.2, 0) is 46.6 Å². The quantitative estimate of drug-likeness (QED) is 0.0301. The van der Waals surface area contributed by atoms with Gasteiger partial charge < -0.3 is 29.0 Å². The van der Waals surface area contributed by atoms with E-state index in [1.54, 1.807) is 20.2 Å². The van der Waals surface area contributed by atoms with E-state index < -0.39 is 12.6 Å². The molecule has 2 heterocycles. The van der Waals surface area contributed by atoms with Gasteiger partial charge in [-0.1, -0.05) is 90.4 Å². The number of aromatic nitrogens is 4. The van der Waals surface area contributed by atoms with E-state index in [2.05, 4.69) is 21.9 Å². The molecule has 0 spiro atoms. The Labute approximate surface area is 280 Å². The predicted octanol–water partition coefficient (Wildman–Crippen LogP) is 8.48. The first kappa shape index (κ1) is 40.3. The third-order valence-corrected chi connectivity index (χ3v) is 9.47. The first-order chi connectivity index (χ1) is 22.2. The number of fused-ring (bicyclic) bond motifs is 1. The van der Waals surface area contributed by atoms with Crippen LogP contribution in [-0.4, -0.2) is 64.1 Å². The van der Waals surface area contributed by atoms with Crippen LogP contribution in [0.4, 0.5) is 10.6 Å². The summed E-state index contributed by atoms with van der Waals surface area (Å²) in [6.07, 6.45) is 20.5. The molecule has 14 heteroatoms. The van der Waals surface area contributed by atoms with E-state index in [1.165, 1.54) is 89.8 Å². The van der Waals surface area contributed by atoms with Crippen molar-refractivity contribution in [1.82, 2.24) is 19.5 Å². The van der Waals surface area contributed by atoms with Crippen LogP contribution in [0.2, 0.25) is 0 Å². The van der Waals surface area contributed by atoms with Crippen LogP contribution in [0.15, 0.2) is 12.7 Å².